The number of benzene rings is 1. The molecule has 1 aromatic carbocycles. The Hall–Kier alpha value is -1.88. The molecule has 20 heavy (non-hydrogen) atoms. The van der Waals surface area contributed by atoms with Gasteiger partial charge in [-0.15, -0.1) is 0 Å². The molecule has 106 valence electrons. The molecule has 1 aromatic rings. The molecule has 1 aliphatic carbocycles. The van der Waals surface area contributed by atoms with E-state index < -0.39 is 17.2 Å². The van der Waals surface area contributed by atoms with Crippen molar-refractivity contribution in [2.24, 2.45) is 5.16 Å². The molecule has 0 radical (unpaired) electrons. The Morgan fingerprint density at radius 1 is 1.50 bits per heavy atom. The number of oxime groups is 1. The van der Waals surface area contributed by atoms with E-state index in [-0.39, 0.29) is 18.7 Å². The second kappa shape index (κ2) is 5.25. The number of halogens is 1. The normalized spacial score (nSPS) is 22.9. The van der Waals surface area contributed by atoms with E-state index in [2.05, 4.69) is 5.16 Å². The van der Waals surface area contributed by atoms with E-state index in [4.69, 9.17) is 21.5 Å². The van der Waals surface area contributed by atoms with Gasteiger partial charge in [-0.1, -0.05) is 22.8 Å². The molecular formula is C14H14ClNO4. The molecule has 6 heteroatoms. The predicted octanol–water partition coefficient (Wildman–Crippen LogP) is 2.58. The fourth-order valence-corrected chi connectivity index (χ4v) is 2.70. The van der Waals surface area contributed by atoms with E-state index in [0.29, 0.717) is 16.1 Å². The Bertz CT molecular complexity index is 611. The zero-order chi connectivity index (χ0) is 14.9. The van der Waals surface area contributed by atoms with Gasteiger partial charge in [0, 0.05) is 10.6 Å². The first-order valence-corrected chi connectivity index (χ1v) is 6.54. The van der Waals surface area contributed by atoms with E-state index in [1.807, 2.05) is 0 Å². The smallest absolute Gasteiger partial charge is 0.307 e. The van der Waals surface area contributed by atoms with E-state index in [1.165, 1.54) is 6.07 Å². The molecule has 1 unspecified atom stereocenters. The standard InChI is InChI=1S/C14H14ClNO4/c1-3-20-11(17)7-14(2)10-5-4-8(15)6-9(10)12(18)13(14)16-19/h4-6,19H,3,7H2,1-2H3/b16-13-. The van der Waals surface area contributed by atoms with Crippen molar-refractivity contribution >= 4 is 29.1 Å². The quantitative estimate of drug-likeness (QED) is 0.528. The predicted molar refractivity (Wildman–Crippen MR) is 73.6 cm³/mol. The topological polar surface area (TPSA) is 76.0 Å². The molecule has 1 aliphatic rings. The van der Waals surface area contributed by atoms with E-state index in [1.54, 1.807) is 26.0 Å². The van der Waals surface area contributed by atoms with Gasteiger partial charge in [-0.3, -0.25) is 9.59 Å². The van der Waals surface area contributed by atoms with Gasteiger partial charge in [0.15, 0.2) is 0 Å². The molecule has 0 saturated heterocycles. The maximum atomic E-state index is 12.2. The van der Waals surface area contributed by atoms with Crippen LogP contribution < -0.4 is 0 Å². The lowest BCUT2D eigenvalue weighted by Gasteiger charge is -2.23. The van der Waals surface area contributed by atoms with E-state index in [9.17, 15) is 9.59 Å². The van der Waals surface area contributed by atoms with Crippen LogP contribution in [0.4, 0.5) is 0 Å². The zero-order valence-electron chi connectivity index (χ0n) is 11.1. The molecule has 2 rings (SSSR count). The van der Waals surface area contributed by atoms with Crippen molar-refractivity contribution in [3.63, 3.8) is 0 Å². The monoisotopic (exact) mass is 295 g/mol. The van der Waals surface area contributed by atoms with Gasteiger partial charge >= 0.3 is 5.97 Å². The zero-order valence-corrected chi connectivity index (χ0v) is 11.9. The Kier molecular flexibility index (Phi) is 3.81. The van der Waals surface area contributed by atoms with Gasteiger partial charge in [0.2, 0.25) is 5.78 Å². The highest BCUT2D eigenvalue weighted by molar-refractivity contribution is 6.52. The lowest BCUT2D eigenvalue weighted by Crippen LogP contribution is -2.34. The summed E-state index contributed by atoms with van der Waals surface area (Å²) < 4.78 is 4.92. The summed E-state index contributed by atoms with van der Waals surface area (Å²) in [5, 5.41) is 12.6. The van der Waals surface area contributed by atoms with Crippen LogP contribution in [0.5, 0.6) is 0 Å². The van der Waals surface area contributed by atoms with Crippen molar-refractivity contribution in [3.8, 4) is 0 Å². The van der Waals surface area contributed by atoms with Crippen LogP contribution in [-0.4, -0.2) is 29.3 Å². The third-order valence-electron chi connectivity index (χ3n) is 3.46. The minimum atomic E-state index is -1.00. The van der Waals surface area contributed by atoms with Gasteiger partial charge in [-0.25, -0.2) is 0 Å². The van der Waals surface area contributed by atoms with Crippen LogP contribution in [0.2, 0.25) is 5.02 Å². The second-order valence-corrected chi connectivity index (χ2v) is 5.22. The SMILES string of the molecule is CCOC(=O)CC1(C)/C(=N\O)C(=O)c2cc(Cl)ccc21. The average molecular weight is 296 g/mol. The molecule has 0 aliphatic heterocycles. The van der Waals surface area contributed by atoms with Gasteiger partial charge in [0.25, 0.3) is 0 Å². The van der Waals surface area contributed by atoms with Crippen LogP contribution in [0.15, 0.2) is 23.4 Å². The highest BCUT2D eigenvalue weighted by Gasteiger charge is 2.48. The van der Waals surface area contributed by atoms with Crippen LogP contribution in [0.1, 0.15) is 36.2 Å². The summed E-state index contributed by atoms with van der Waals surface area (Å²) in [4.78, 5) is 24.0. The molecule has 0 fully saturated rings. The van der Waals surface area contributed by atoms with Crippen LogP contribution in [0, 0.1) is 0 Å². The van der Waals surface area contributed by atoms with Crippen molar-refractivity contribution in [2.75, 3.05) is 6.61 Å². The molecule has 5 nitrogen and oxygen atoms in total. The summed E-state index contributed by atoms with van der Waals surface area (Å²) >= 11 is 5.88. The van der Waals surface area contributed by atoms with Gasteiger partial charge in [-0.05, 0) is 31.5 Å². The summed E-state index contributed by atoms with van der Waals surface area (Å²) in [6, 6.07) is 4.82. The van der Waals surface area contributed by atoms with Crippen molar-refractivity contribution in [1.82, 2.24) is 0 Å². The number of Topliss-reactive ketones (excluding diaryl/α,β-unsaturated/α-hetero) is 1. The largest absolute Gasteiger partial charge is 0.466 e. The summed E-state index contributed by atoms with van der Waals surface area (Å²) in [5.74, 6) is -0.872. The number of fused-ring (bicyclic) bond motifs is 1. The third-order valence-corrected chi connectivity index (χ3v) is 3.70. The minimum Gasteiger partial charge on any atom is -0.466 e. The second-order valence-electron chi connectivity index (χ2n) is 4.78. The van der Waals surface area contributed by atoms with Crippen LogP contribution in [-0.2, 0) is 14.9 Å². The molecule has 0 heterocycles. The third kappa shape index (κ3) is 2.18. The minimum absolute atomic E-state index is 0.0668. The summed E-state index contributed by atoms with van der Waals surface area (Å²) in [7, 11) is 0. The number of nitrogens with zero attached hydrogens (tertiary/aromatic N) is 1. The molecule has 0 aromatic heterocycles. The van der Waals surface area contributed by atoms with Crippen molar-refractivity contribution < 1.29 is 19.5 Å². The number of carbonyl (C=O) groups is 2. The highest BCUT2D eigenvalue weighted by atomic mass is 35.5. The number of ether oxygens (including phenoxy) is 1. The number of ketones is 1. The fourth-order valence-electron chi connectivity index (χ4n) is 2.53. The molecule has 0 bridgehead atoms. The first-order chi connectivity index (χ1) is 9.43. The Morgan fingerprint density at radius 2 is 2.20 bits per heavy atom. The molecule has 0 amide bonds. The Labute approximate surface area is 121 Å². The first-order valence-electron chi connectivity index (χ1n) is 6.17. The van der Waals surface area contributed by atoms with Crippen LogP contribution in [0.3, 0.4) is 0 Å². The average Bonchev–Trinajstić information content (AvgIpc) is 2.57. The summed E-state index contributed by atoms with van der Waals surface area (Å²) in [5.41, 5.74) is -0.0921. The number of esters is 1. The van der Waals surface area contributed by atoms with E-state index in [0.717, 1.165) is 0 Å². The maximum Gasteiger partial charge on any atom is 0.307 e. The lowest BCUT2D eigenvalue weighted by atomic mass is 9.79. The number of hydrogen-bond donors (Lipinski definition) is 1. The van der Waals surface area contributed by atoms with Crippen LogP contribution >= 0.6 is 11.6 Å². The molecule has 1 N–H and O–H groups in total. The van der Waals surface area contributed by atoms with Crippen molar-refractivity contribution in [1.29, 1.82) is 0 Å². The highest BCUT2D eigenvalue weighted by Crippen LogP contribution is 2.40. The first kappa shape index (κ1) is 14.5. The Balaban J connectivity index is 2.52. The van der Waals surface area contributed by atoms with Crippen LogP contribution in [0.25, 0.3) is 0 Å². The van der Waals surface area contributed by atoms with Crippen molar-refractivity contribution in [3.05, 3.63) is 34.3 Å². The lowest BCUT2D eigenvalue weighted by molar-refractivity contribution is -0.143. The van der Waals surface area contributed by atoms with Gasteiger partial charge in [-0.2, -0.15) is 0 Å². The summed E-state index contributed by atoms with van der Waals surface area (Å²) in [6.07, 6.45) is -0.0688. The number of hydrogen-bond acceptors (Lipinski definition) is 5. The summed E-state index contributed by atoms with van der Waals surface area (Å²) in [6.45, 7) is 3.63. The molecule has 0 spiro atoms. The fraction of sp³-hybridized carbons (Fsp3) is 0.357. The number of carbonyl (C=O) groups excluding carboxylic acids is 2. The van der Waals surface area contributed by atoms with E-state index >= 15 is 0 Å². The molecule has 0 saturated carbocycles. The Morgan fingerprint density at radius 3 is 2.80 bits per heavy atom. The van der Waals surface area contributed by atoms with Gasteiger partial charge in [0.05, 0.1) is 18.4 Å². The maximum absolute atomic E-state index is 12.2. The van der Waals surface area contributed by atoms with Crippen molar-refractivity contribution in [2.45, 2.75) is 25.7 Å². The molecule has 1 atom stereocenters. The van der Waals surface area contributed by atoms with Gasteiger partial charge < -0.3 is 9.94 Å². The van der Waals surface area contributed by atoms with Gasteiger partial charge in [0.1, 0.15) is 5.71 Å². The molecular weight excluding hydrogens is 282 g/mol. The number of rotatable bonds is 3.